The summed E-state index contributed by atoms with van der Waals surface area (Å²) in [5.74, 6) is -0.479. The molecule has 1 saturated heterocycles. The minimum absolute atomic E-state index is 0.145. The molecule has 0 N–H and O–H groups in total. The van der Waals surface area contributed by atoms with Gasteiger partial charge in [0.15, 0.2) is 0 Å². The Bertz CT molecular complexity index is 1090. The van der Waals surface area contributed by atoms with Gasteiger partial charge in [-0.15, -0.1) is 11.3 Å². The molecular weight excluding hydrogens is 387 g/mol. The second-order valence-electron chi connectivity index (χ2n) is 6.30. The van der Waals surface area contributed by atoms with E-state index in [2.05, 4.69) is 0 Å². The van der Waals surface area contributed by atoms with Gasteiger partial charge in [0, 0.05) is 30.9 Å². The molecule has 4 rings (SSSR count). The lowest BCUT2D eigenvalue weighted by molar-refractivity contribution is 0.0703. The molecule has 1 amide bonds. The number of amides is 1. The number of benzene rings is 2. The molecule has 0 saturated carbocycles. The SMILES string of the molecule is O=C(c1cc2cc(F)ccc2s1)N1CCN(S(=O)(=O)c2ccccc2)CC1. The Morgan fingerprint density at radius 3 is 2.37 bits per heavy atom. The predicted octanol–water partition coefficient (Wildman–Crippen LogP) is 3.19. The standard InChI is InChI=1S/C19H17FN2O3S2/c20-15-6-7-17-14(12-15)13-18(26-17)19(23)21-8-10-22(11-9-21)27(24,25)16-4-2-1-3-5-16/h1-7,12-13H,8-11H2. The number of rotatable bonds is 3. The minimum atomic E-state index is -3.54. The smallest absolute Gasteiger partial charge is 0.264 e. The van der Waals surface area contributed by atoms with E-state index in [1.807, 2.05) is 0 Å². The summed E-state index contributed by atoms with van der Waals surface area (Å²) in [7, 11) is -3.54. The number of carbonyl (C=O) groups excluding carboxylic acids is 1. The van der Waals surface area contributed by atoms with E-state index in [9.17, 15) is 17.6 Å². The van der Waals surface area contributed by atoms with Crippen LogP contribution in [0.15, 0.2) is 59.5 Å². The first-order valence-electron chi connectivity index (χ1n) is 8.49. The summed E-state index contributed by atoms with van der Waals surface area (Å²) in [6, 6.07) is 14.4. The third-order valence-corrected chi connectivity index (χ3v) is 7.61. The molecule has 1 aliphatic rings. The van der Waals surface area contributed by atoms with Gasteiger partial charge in [-0.2, -0.15) is 4.31 Å². The van der Waals surface area contributed by atoms with E-state index in [0.717, 1.165) is 4.70 Å². The molecule has 0 atom stereocenters. The van der Waals surface area contributed by atoms with Crippen LogP contribution in [0.2, 0.25) is 0 Å². The van der Waals surface area contributed by atoms with Gasteiger partial charge in [0.05, 0.1) is 9.77 Å². The molecule has 1 fully saturated rings. The molecule has 5 nitrogen and oxygen atoms in total. The monoisotopic (exact) mass is 404 g/mol. The third kappa shape index (κ3) is 3.47. The quantitative estimate of drug-likeness (QED) is 0.674. The zero-order valence-corrected chi connectivity index (χ0v) is 16.0. The molecule has 2 aromatic carbocycles. The Kier molecular flexibility index (Phi) is 4.71. The number of carbonyl (C=O) groups is 1. The van der Waals surface area contributed by atoms with Crippen molar-refractivity contribution in [3.05, 3.63) is 65.3 Å². The molecular formula is C19H17FN2O3S2. The van der Waals surface area contributed by atoms with E-state index in [-0.39, 0.29) is 29.7 Å². The fraction of sp³-hybridized carbons (Fsp3) is 0.211. The van der Waals surface area contributed by atoms with Crippen LogP contribution in [0, 0.1) is 5.82 Å². The van der Waals surface area contributed by atoms with Crippen molar-refractivity contribution in [2.24, 2.45) is 0 Å². The van der Waals surface area contributed by atoms with Crippen molar-refractivity contribution < 1.29 is 17.6 Å². The first-order chi connectivity index (χ1) is 12.9. The van der Waals surface area contributed by atoms with Crippen LogP contribution in [0.4, 0.5) is 4.39 Å². The van der Waals surface area contributed by atoms with Crippen molar-refractivity contribution in [2.75, 3.05) is 26.2 Å². The molecule has 0 radical (unpaired) electrons. The topological polar surface area (TPSA) is 57.7 Å². The van der Waals surface area contributed by atoms with Crippen molar-refractivity contribution in [2.45, 2.75) is 4.90 Å². The zero-order valence-electron chi connectivity index (χ0n) is 14.3. The van der Waals surface area contributed by atoms with E-state index in [1.54, 1.807) is 47.4 Å². The Labute approximate surface area is 160 Å². The van der Waals surface area contributed by atoms with Gasteiger partial charge >= 0.3 is 0 Å². The van der Waals surface area contributed by atoms with Crippen LogP contribution in [0.5, 0.6) is 0 Å². The van der Waals surface area contributed by atoms with Crippen LogP contribution in [0.1, 0.15) is 9.67 Å². The van der Waals surface area contributed by atoms with E-state index >= 15 is 0 Å². The highest BCUT2D eigenvalue weighted by molar-refractivity contribution is 7.89. The number of piperazine rings is 1. The number of fused-ring (bicyclic) bond motifs is 1. The summed E-state index contributed by atoms with van der Waals surface area (Å²) in [5, 5.41) is 0.702. The maximum absolute atomic E-state index is 13.3. The number of thiophene rings is 1. The van der Waals surface area contributed by atoms with Crippen molar-refractivity contribution in [1.29, 1.82) is 0 Å². The van der Waals surface area contributed by atoms with Crippen LogP contribution < -0.4 is 0 Å². The van der Waals surface area contributed by atoms with E-state index < -0.39 is 10.0 Å². The van der Waals surface area contributed by atoms with Crippen LogP contribution in [0.25, 0.3) is 10.1 Å². The fourth-order valence-corrected chi connectivity index (χ4v) is 5.60. The molecule has 2 heterocycles. The number of nitrogens with zero attached hydrogens (tertiary/aromatic N) is 2. The number of hydrogen-bond acceptors (Lipinski definition) is 4. The number of halogens is 1. The number of hydrogen-bond donors (Lipinski definition) is 0. The minimum Gasteiger partial charge on any atom is -0.335 e. The van der Waals surface area contributed by atoms with Gasteiger partial charge in [-0.25, -0.2) is 12.8 Å². The lowest BCUT2D eigenvalue weighted by Gasteiger charge is -2.33. The van der Waals surface area contributed by atoms with Gasteiger partial charge < -0.3 is 4.90 Å². The molecule has 0 spiro atoms. The second kappa shape index (κ2) is 7.03. The van der Waals surface area contributed by atoms with Crippen LogP contribution in [-0.2, 0) is 10.0 Å². The molecule has 0 unspecified atom stereocenters. The lowest BCUT2D eigenvalue weighted by Crippen LogP contribution is -2.50. The molecule has 0 bridgehead atoms. The summed E-state index contributed by atoms with van der Waals surface area (Å²) >= 11 is 1.32. The predicted molar refractivity (Wildman–Crippen MR) is 103 cm³/mol. The second-order valence-corrected chi connectivity index (χ2v) is 9.32. The highest BCUT2D eigenvalue weighted by Crippen LogP contribution is 2.28. The van der Waals surface area contributed by atoms with Gasteiger partial charge in [-0.1, -0.05) is 18.2 Å². The van der Waals surface area contributed by atoms with Crippen molar-refractivity contribution in [1.82, 2.24) is 9.21 Å². The van der Waals surface area contributed by atoms with Gasteiger partial charge in [0.25, 0.3) is 5.91 Å². The van der Waals surface area contributed by atoms with Crippen molar-refractivity contribution >= 4 is 37.4 Å². The summed E-state index contributed by atoms with van der Waals surface area (Å²) in [6.07, 6.45) is 0. The third-order valence-electron chi connectivity index (χ3n) is 4.60. The van der Waals surface area contributed by atoms with E-state index in [4.69, 9.17) is 0 Å². The van der Waals surface area contributed by atoms with Crippen LogP contribution >= 0.6 is 11.3 Å². The molecule has 8 heteroatoms. The van der Waals surface area contributed by atoms with E-state index in [1.165, 1.54) is 27.8 Å². The van der Waals surface area contributed by atoms with E-state index in [0.29, 0.717) is 23.4 Å². The Morgan fingerprint density at radius 1 is 0.963 bits per heavy atom. The normalized spacial score (nSPS) is 16.0. The molecule has 1 aromatic heterocycles. The van der Waals surface area contributed by atoms with Crippen LogP contribution in [0.3, 0.4) is 0 Å². The average molecular weight is 404 g/mol. The molecule has 0 aliphatic carbocycles. The Hall–Kier alpha value is -2.29. The maximum atomic E-state index is 13.3. The number of sulfonamides is 1. The first kappa shape index (κ1) is 18.1. The summed E-state index contributed by atoms with van der Waals surface area (Å²) in [4.78, 5) is 15.2. The maximum Gasteiger partial charge on any atom is 0.264 e. The molecule has 27 heavy (non-hydrogen) atoms. The highest BCUT2D eigenvalue weighted by Gasteiger charge is 2.30. The Morgan fingerprint density at radius 2 is 1.67 bits per heavy atom. The summed E-state index contributed by atoms with van der Waals surface area (Å²) in [5.41, 5.74) is 0. The van der Waals surface area contributed by atoms with Gasteiger partial charge in [0.2, 0.25) is 10.0 Å². The largest absolute Gasteiger partial charge is 0.335 e. The van der Waals surface area contributed by atoms with Crippen LogP contribution in [-0.4, -0.2) is 49.7 Å². The van der Waals surface area contributed by atoms with Crippen molar-refractivity contribution in [3.63, 3.8) is 0 Å². The van der Waals surface area contributed by atoms with Gasteiger partial charge in [0.1, 0.15) is 5.82 Å². The lowest BCUT2D eigenvalue weighted by atomic mass is 10.2. The molecule has 140 valence electrons. The zero-order chi connectivity index (χ0) is 19.0. The first-order valence-corrected chi connectivity index (χ1v) is 10.7. The van der Waals surface area contributed by atoms with Gasteiger partial charge in [-0.05, 0) is 41.8 Å². The molecule has 3 aromatic rings. The molecule has 1 aliphatic heterocycles. The summed E-state index contributed by atoms with van der Waals surface area (Å²) in [6.45, 7) is 1.16. The summed E-state index contributed by atoms with van der Waals surface area (Å²) < 4.78 is 40.9. The highest BCUT2D eigenvalue weighted by atomic mass is 32.2. The Balaban J connectivity index is 1.47. The fourth-order valence-electron chi connectivity index (χ4n) is 3.15. The average Bonchev–Trinajstić information content (AvgIpc) is 3.11. The van der Waals surface area contributed by atoms with Gasteiger partial charge in [-0.3, -0.25) is 4.79 Å². The van der Waals surface area contributed by atoms with Crippen molar-refractivity contribution in [3.8, 4) is 0 Å².